The second-order valence-electron chi connectivity index (χ2n) is 16.8. The van der Waals surface area contributed by atoms with Crippen molar-refractivity contribution in [3.8, 4) is 0 Å². The molecule has 392 valence electrons. The van der Waals surface area contributed by atoms with Crippen molar-refractivity contribution in [3.63, 3.8) is 0 Å². The predicted molar refractivity (Wildman–Crippen MR) is 199 cm³/mol. The van der Waals surface area contributed by atoms with Crippen molar-refractivity contribution in [1.82, 2.24) is 0 Å². The molecule has 6 saturated heterocycles. The molecule has 20 N–H and O–H groups in total. The van der Waals surface area contributed by atoms with E-state index in [4.69, 9.17) is 52.1 Å². The summed E-state index contributed by atoms with van der Waals surface area (Å²) >= 11 is 0. The fourth-order valence-corrected chi connectivity index (χ4v) is 8.39. The minimum Gasteiger partial charge on any atom is -0.394 e. The van der Waals surface area contributed by atoms with E-state index in [-0.39, 0.29) is 0 Å². The molecule has 0 radical (unpaired) electrons. The van der Waals surface area contributed by atoms with Crippen LogP contribution >= 0.6 is 0 Å². The van der Waals surface area contributed by atoms with Crippen molar-refractivity contribution >= 4 is 0 Å². The molecular weight excluding hydrogens is 928 g/mol. The van der Waals surface area contributed by atoms with Gasteiger partial charge < -0.3 is 154 Å². The Hall–Kier alpha value is -1.24. The quantitative estimate of drug-likeness (QED) is 0.0683. The van der Waals surface area contributed by atoms with Gasteiger partial charge in [-0.3, -0.25) is 0 Å². The van der Waals surface area contributed by atoms with Gasteiger partial charge in [-0.25, -0.2) is 0 Å². The Labute approximate surface area is 378 Å². The highest BCUT2D eigenvalue weighted by Crippen LogP contribution is 2.36. The lowest BCUT2D eigenvalue weighted by molar-refractivity contribution is -0.400. The lowest BCUT2D eigenvalue weighted by Crippen LogP contribution is -2.68. The van der Waals surface area contributed by atoms with E-state index in [0.29, 0.717) is 0 Å². The molecule has 0 amide bonds. The molecule has 0 spiro atoms. The second-order valence-corrected chi connectivity index (χ2v) is 16.8. The van der Waals surface area contributed by atoms with E-state index >= 15 is 0 Å². The zero-order valence-corrected chi connectivity index (χ0v) is 35.0. The molecule has 6 rings (SSSR count). The smallest absolute Gasteiger partial charge is 0.187 e. The maximum absolute atomic E-state index is 11.5. The van der Waals surface area contributed by atoms with Crippen LogP contribution in [0.1, 0.15) is 0 Å². The van der Waals surface area contributed by atoms with Crippen LogP contribution in [0.25, 0.3) is 0 Å². The molecule has 0 aromatic carbocycles. The Morgan fingerprint density at radius 2 is 0.597 bits per heavy atom. The van der Waals surface area contributed by atoms with Crippen LogP contribution in [0.5, 0.6) is 0 Å². The van der Waals surface area contributed by atoms with Gasteiger partial charge in [-0.05, 0) is 0 Å². The maximum Gasteiger partial charge on any atom is 0.187 e. The van der Waals surface area contributed by atoms with E-state index in [1.807, 2.05) is 0 Å². The number of rotatable bonds is 16. The lowest BCUT2D eigenvalue weighted by atomic mass is 9.95. The summed E-state index contributed by atoms with van der Waals surface area (Å²) in [6.45, 7) is -5.59. The van der Waals surface area contributed by atoms with Crippen LogP contribution in [0.3, 0.4) is 0 Å². The first kappa shape index (κ1) is 55.1. The summed E-state index contributed by atoms with van der Waals surface area (Å²) in [5.74, 6) is 0. The van der Waals surface area contributed by atoms with E-state index in [1.54, 1.807) is 0 Å². The fraction of sp³-hybridized carbons (Fsp3) is 1.00. The van der Waals surface area contributed by atoms with Gasteiger partial charge in [0.25, 0.3) is 0 Å². The predicted octanol–water partition coefficient (Wildman–Crippen LogP) is -14.1. The number of ether oxygens (including phenoxy) is 11. The molecule has 0 aromatic rings. The van der Waals surface area contributed by atoms with E-state index < -0.39 is 224 Å². The molecule has 1 unspecified atom stereocenters. The summed E-state index contributed by atoms with van der Waals surface area (Å²) < 4.78 is 61.0. The van der Waals surface area contributed by atoms with Crippen molar-refractivity contribution in [2.24, 2.45) is 0 Å². The molecule has 6 aliphatic rings. The highest BCUT2D eigenvalue weighted by atomic mass is 16.8. The molecule has 0 aliphatic carbocycles. The first-order valence-corrected chi connectivity index (χ1v) is 21.1. The highest BCUT2D eigenvalue weighted by molar-refractivity contribution is 4.99. The standard InChI is InChI=1S/C36H62O31/c37-1-7-13(42)17(46)23(52)32(59-7)57-6-12-15(44)19(48)30(67-33-24(53)18(47)14(43)8(2-38)60-33)36(63-12)65-28-11(5-41)62-34(25(54)21(28)50)66-29-16(45)9(3-39)61-35(26(29)55)64-27-10(4-40)58-31(56)22(51)20(27)49/h7-56H,1-6H2/t7-,8-,9-,10-,11-,12-,13-,14-,15+,16+,17+,18+,19+,20-,21-,22-,23-,24-,25-,26-,27-,28+,29+,30-,31?,32-,33+,34-,35+,36+/m1/s1. The minimum atomic E-state index is -2.28. The Bertz CT molecular complexity index is 1500. The third-order valence-electron chi connectivity index (χ3n) is 12.4. The van der Waals surface area contributed by atoms with Gasteiger partial charge in [0.1, 0.15) is 146 Å². The lowest BCUT2D eigenvalue weighted by Gasteiger charge is -2.50. The van der Waals surface area contributed by atoms with Gasteiger partial charge in [-0.1, -0.05) is 0 Å². The van der Waals surface area contributed by atoms with E-state index in [0.717, 1.165) is 0 Å². The largest absolute Gasteiger partial charge is 0.394 e. The zero-order chi connectivity index (χ0) is 49.3. The number of aliphatic hydroxyl groups excluding tert-OH is 20. The molecule has 31 heteroatoms. The average Bonchev–Trinajstić information content (AvgIpc) is 3.31. The van der Waals surface area contributed by atoms with Crippen LogP contribution in [0.4, 0.5) is 0 Å². The maximum atomic E-state index is 11.5. The monoisotopic (exact) mass is 990 g/mol. The Balaban J connectivity index is 1.21. The van der Waals surface area contributed by atoms with Crippen LogP contribution in [-0.2, 0) is 52.1 Å². The van der Waals surface area contributed by atoms with Gasteiger partial charge in [0.05, 0.1) is 39.6 Å². The number of hydrogen-bond acceptors (Lipinski definition) is 31. The molecule has 6 aliphatic heterocycles. The Morgan fingerprint density at radius 1 is 0.254 bits per heavy atom. The Kier molecular flexibility index (Phi) is 19.4. The van der Waals surface area contributed by atoms with E-state index in [1.165, 1.54) is 0 Å². The third-order valence-corrected chi connectivity index (χ3v) is 12.4. The first-order valence-electron chi connectivity index (χ1n) is 21.1. The molecular formula is C36H62O31. The molecule has 6 heterocycles. The van der Waals surface area contributed by atoms with Crippen molar-refractivity contribution in [2.75, 3.05) is 39.6 Å². The third kappa shape index (κ3) is 11.4. The SMILES string of the molecule is OC[C@H]1O[C@@H](O[C@H]2[C@H](O)[C@@H](O)C(O)O[C@@H]2CO)[C@H](O)[C@@H](O[C@H]2O[C@H](CO)[C@H](O[C@@H]3O[C@H](CO[C@@H]4O[C@H](CO)[C@@H](O)[C@H](O)[C@H]4O)[C@H](O)[C@H](O)[C@H]3O[C@@H]3O[C@H](CO)[C@@H](O)[C@H](O)[C@H]3O)[C@H](O)[C@H]2O)[C@H]1O. The highest BCUT2D eigenvalue weighted by Gasteiger charge is 2.57. The summed E-state index contributed by atoms with van der Waals surface area (Å²) in [6.07, 6.45) is -57.9. The molecule has 0 saturated carbocycles. The first-order chi connectivity index (χ1) is 31.7. The topological polar surface area (TPSA) is 506 Å². The van der Waals surface area contributed by atoms with Crippen molar-refractivity contribution < 1.29 is 154 Å². The average molecular weight is 991 g/mol. The summed E-state index contributed by atoms with van der Waals surface area (Å²) in [7, 11) is 0. The van der Waals surface area contributed by atoms with Gasteiger partial charge in [0.2, 0.25) is 0 Å². The van der Waals surface area contributed by atoms with Crippen molar-refractivity contribution in [1.29, 1.82) is 0 Å². The van der Waals surface area contributed by atoms with Crippen LogP contribution in [0, 0.1) is 0 Å². The zero-order valence-electron chi connectivity index (χ0n) is 35.0. The van der Waals surface area contributed by atoms with Gasteiger partial charge in [-0.15, -0.1) is 0 Å². The van der Waals surface area contributed by atoms with Crippen LogP contribution in [0.15, 0.2) is 0 Å². The van der Waals surface area contributed by atoms with Gasteiger partial charge >= 0.3 is 0 Å². The molecule has 0 aromatic heterocycles. The number of aliphatic hydroxyl groups is 20. The van der Waals surface area contributed by atoms with E-state index in [9.17, 15) is 102 Å². The fourth-order valence-electron chi connectivity index (χ4n) is 8.39. The summed E-state index contributed by atoms with van der Waals surface area (Å²) in [6, 6.07) is 0. The van der Waals surface area contributed by atoms with Gasteiger partial charge in [0.15, 0.2) is 37.7 Å². The molecule has 0 bridgehead atoms. The molecule has 67 heavy (non-hydrogen) atoms. The summed E-state index contributed by atoms with van der Waals surface area (Å²) in [5.41, 5.74) is 0. The molecule has 6 fully saturated rings. The molecule has 30 atom stereocenters. The van der Waals surface area contributed by atoms with Crippen LogP contribution < -0.4 is 0 Å². The van der Waals surface area contributed by atoms with Crippen LogP contribution in [0.2, 0.25) is 0 Å². The van der Waals surface area contributed by atoms with Crippen molar-refractivity contribution in [3.05, 3.63) is 0 Å². The van der Waals surface area contributed by atoms with E-state index in [2.05, 4.69) is 0 Å². The number of hydrogen-bond donors (Lipinski definition) is 20. The minimum absolute atomic E-state index is 0.839. The second kappa shape index (κ2) is 23.5. The Morgan fingerprint density at radius 3 is 1.13 bits per heavy atom. The summed E-state index contributed by atoms with van der Waals surface area (Å²) in [4.78, 5) is 0. The van der Waals surface area contributed by atoms with Crippen LogP contribution in [-0.4, -0.2) is 326 Å². The van der Waals surface area contributed by atoms with Crippen molar-refractivity contribution in [2.45, 2.75) is 184 Å². The summed E-state index contributed by atoms with van der Waals surface area (Å²) in [5, 5.41) is 210. The van der Waals surface area contributed by atoms with Gasteiger partial charge in [0, 0.05) is 0 Å². The molecule has 31 nitrogen and oxygen atoms in total. The normalized spacial score (nSPS) is 53.4. The van der Waals surface area contributed by atoms with Gasteiger partial charge in [-0.2, -0.15) is 0 Å².